The number of hydrazone groups is 1. The molecule has 0 radical (unpaired) electrons. The number of sulfonamides is 1. The molecule has 2 rings (SSSR count). The summed E-state index contributed by atoms with van der Waals surface area (Å²) in [5, 5.41) is 3.84. The molecule has 5 nitrogen and oxygen atoms in total. The number of hydrogen-bond acceptors (Lipinski definition) is 4. The summed E-state index contributed by atoms with van der Waals surface area (Å²) in [6.07, 6.45) is 0. The molecular formula is C13H14N2O3S. The van der Waals surface area contributed by atoms with E-state index in [1.165, 1.54) is 12.1 Å². The number of nitrogens with one attached hydrogen (secondary N) is 1. The molecule has 0 aliphatic heterocycles. The lowest BCUT2D eigenvalue weighted by molar-refractivity contribution is 0.524. The first kappa shape index (κ1) is 13.4. The minimum absolute atomic E-state index is 0.169. The Morgan fingerprint density at radius 1 is 1.16 bits per heavy atom. The van der Waals surface area contributed by atoms with Gasteiger partial charge in [0.05, 0.1) is 4.90 Å². The fourth-order valence-electron chi connectivity index (χ4n) is 1.46. The summed E-state index contributed by atoms with van der Waals surface area (Å²) in [5.74, 6) is 1.28. The van der Waals surface area contributed by atoms with Crippen molar-refractivity contribution in [2.75, 3.05) is 0 Å². The first-order valence-corrected chi connectivity index (χ1v) is 7.15. The fraction of sp³-hybridized carbons (Fsp3) is 0.154. The molecule has 0 atom stereocenters. The largest absolute Gasteiger partial charge is 0.460 e. The highest BCUT2D eigenvalue weighted by Gasteiger charge is 2.12. The van der Waals surface area contributed by atoms with Crippen LogP contribution >= 0.6 is 0 Å². The molecule has 1 aromatic carbocycles. The minimum atomic E-state index is -3.64. The van der Waals surface area contributed by atoms with Gasteiger partial charge in [-0.2, -0.15) is 18.4 Å². The van der Waals surface area contributed by atoms with Gasteiger partial charge in [0.25, 0.3) is 10.0 Å². The van der Waals surface area contributed by atoms with Crippen LogP contribution < -0.4 is 4.83 Å². The maximum Gasteiger partial charge on any atom is 0.276 e. The van der Waals surface area contributed by atoms with Crippen LogP contribution in [0.25, 0.3) is 0 Å². The molecular weight excluding hydrogens is 264 g/mol. The standard InChI is InChI=1S/C13H14N2O3S/c1-10-8-9-13(18-10)11(2)14-15-19(16,17)12-6-4-3-5-7-12/h3-9,15H,1-2H3/b14-11+. The summed E-state index contributed by atoms with van der Waals surface area (Å²) >= 11 is 0. The lowest BCUT2D eigenvalue weighted by atomic mass is 10.3. The highest BCUT2D eigenvalue weighted by atomic mass is 32.2. The summed E-state index contributed by atoms with van der Waals surface area (Å²) in [4.78, 5) is 2.35. The molecule has 1 heterocycles. The quantitative estimate of drug-likeness (QED) is 0.689. The summed E-state index contributed by atoms with van der Waals surface area (Å²) in [7, 11) is -3.64. The topological polar surface area (TPSA) is 71.7 Å². The molecule has 1 N–H and O–H groups in total. The maximum atomic E-state index is 11.9. The summed E-state index contributed by atoms with van der Waals surface area (Å²) in [6.45, 7) is 3.48. The first-order chi connectivity index (χ1) is 8.99. The van der Waals surface area contributed by atoms with Crippen LogP contribution in [-0.4, -0.2) is 14.1 Å². The molecule has 0 saturated heterocycles. The van der Waals surface area contributed by atoms with Crippen LogP contribution in [0, 0.1) is 6.92 Å². The van der Waals surface area contributed by atoms with E-state index in [0.29, 0.717) is 11.5 Å². The molecule has 0 aliphatic carbocycles. The third-order valence-electron chi connectivity index (χ3n) is 2.48. The molecule has 100 valence electrons. The Balaban J connectivity index is 2.18. The van der Waals surface area contributed by atoms with E-state index >= 15 is 0 Å². The van der Waals surface area contributed by atoms with Gasteiger partial charge in [-0.05, 0) is 38.1 Å². The van der Waals surface area contributed by atoms with Crippen molar-refractivity contribution in [2.24, 2.45) is 5.10 Å². The van der Waals surface area contributed by atoms with Gasteiger partial charge in [0, 0.05) is 0 Å². The average molecular weight is 278 g/mol. The van der Waals surface area contributed by atoms with Gasteiger partial charge in [-0.1, -0.05) is 18.2 Å². The zero-order valence-electron chi connectivity index (χ0n) is 10.6. The molecule has 0 amide bonds. The van der Waals surface area contributed by atoms with E-state index in [-0.39, 0.29) is 4.90 Å². The van der Waals surface area contributed by atoms with Crippen LogP contribution in [0.1, 0.15) is 18.4 Å². The molecule has 0 aliphatic rings. The molecule has 1 aromatic heterocycles. The Morgan fingerprint density at radius 3 is 2.42 bits per heavy atom. The summed E-state index contributed by atoms with van der Waals surface area (Å²) in [5.41, 5.74) is 0.465. The van der Waals surface area contributed by atoms with Gasteiger partial charge in [0.15, 0.2) is 0 Å². The van der Waals surface area contributed by atoms with Crippen LogP contribution in [0.15, 0.2) is 56.9 Å². The zero-order valence-corrected chi connectivity index (χ0v) is 11.4. The molecule has 0 saturated carbocycles. The second-order valence-corrected chi connectivity index (χ2v) is 5.68. The van der Waals surface area contributed by atoms with E-state index in [2.05, 4.69) is 9.93 Å². The number of aryl methyl sites for hydroxylation is 1. The molecule has 0 spiro atoms. The predicted molar refractivity (Wildman–Crippen MR) is 72.4 cm³/mol. The third kappa shape index (κ3) is 3.23. The van der Waals surface area contributed by atoms with Gasteiger partial charge in [0.1, 0.15) is 17.2 Å². The van der Waals surface area contributed by atoms with Crippen molar-refractivity contribution in [2.45, 2.75) is 18.7 Å². The molecule has 19 heavy (non-hydrogen) atoms. The highest BCUT2D eigenvalue weighted by molar-refractivity contribution is 7.89. The van der Waals surface area contributed by atoms with E-state index < -0.39 is 10.0 Å². The van der Waals surface area contributed by atoms with Crippen molar-refractivity contribution < 1.29 is 12.8 Å². The second-order valence-electron chi connectivity index (χ2n) is 4.02. The number of benzene rings is 1. The van der Waals surface area contributed by atoms with Gasteiger partial charge in [0.2, 0.25) is 0 Å². The number of furan rings is 1. The lowest BCUT2D eigenvalue weighted by Gasteiger charge is -2.03. The number of nitrogens with zero attached hydrogens (tertiary/aromatic N) is 1. The van der Waals surface area contributed by atoms with Gasteiger partial charge in [-0.25, -0.2) is 0 Å². The fourth-order valence-corrected chi connectivity index (χ4v) is 2.34. The van der Waals surface area contributed by atoms with Crippen molar-refractivity contribution >= 4 is 15.7 Å². The van der Waals surface area contributed by atoms with Crippen molar-refractivity contribution in [3.8, 4) is 0 Å². The van der Waals surface area contributed by atoms with Crippen LogP contribution in [0.2, 0.25) is 0 Å². The average Bonchev–Trinajstić information content (AvgIpc) is 2.84. The Bertz CT molecular complexity index is 688. The van der Waals surface area contributed by atoms with Crippen LogP contribution in [0.4, 0.5) is 0 Å². The van der Waals surface area contributed by atoms with Gasteiger partial charge in [-0.3, -0.25) is 0 Å². The Hall–Kier alpha value is -2.08. The molecule has 2 aromatic rings. The normalized spacial score (nSPS) is 12.4. The molecule has 6 heteroatoms. The highest BCUT2D eigenvalue weighted by Crippen LogP contribution is 2.09. The van der Waals surface area contributed by atoms with Crippen molar-refractivity contribution in [3.05, 3.63) is 54.0 Å². The lowest BCUT2D eigenvalue weighted by Crippen LogP contribution is -2.19. The smallest absolute Gasteiger partial charge is 0.276 e. The van der Waals surface area contributed by atoms with Crippen molar-refractivity contribution in [1.82, 2.24) is 4.83 Å². The monoisotopic (exact) mass is 278 g/mol. The number of hydrogen-bond donors (Lipinski definition) is 1. The zero-order chi connectivity index (χ0) is 13.9. The summed E-state index contributed by atoms with van der Waals surface area (Å²) < 4.78 is 29.2. The van der Waals surface area contributed by atoms with Crippen LogP contribution in [-0.2, 0) is 10.0 Å². The first-order valence-electron chi connectivity index (χ1n) is 5.67. The van der Waals surface area contributed by atoms with Crippen LogP contribution in [0.3, 0.4) is 0 Å². The van der Waals surface area contributed by atoms with Crippen molar-refractivity contribution in [3.63, 3.8) is 0 Å². The van der Waals surface area contributed by atoms with E-state index in [4.69, 9.17) is 4.42 Å². The maximum absolute atomic E-state index is 11.9. The van der Waals surface area contributed by atoms with E-state index in [9.17, 15) is 8.42 Å². The molecule has 0 fully saturated rings. The van der Waals surface area contributed by atoms with Crippen molar-refractivity contribution in [1.29, 1.82) is 0 Å². The minimum Gasteiger partial charge on any atom is -0.460 e. The molecule has 0 bridgehead atoms. The van der Waals surface area contributed by atoms with Gasteiger partial charge < -0.3 is 4.42 Å². The second kappa shape index (κ2) is 5.27. The Labute approximate surface area is 112 Å². The summed E-state index contributed by atoms with van der Waals surface area (Å²) in [6, 6.07) is 11.6. The third-order valence-corrected chi connectivity index (χ3v) is 3.71. The SMILES string of the molecule is C/C(=N\NS(=O)(=O)c1ccccc1)c1ccc(C)o1. The van der Waals surface area contributed by atoms with Gasteiger partial charge in [-0.15, -0.1) is 0 Å². The van der Waals surface area contributed by atoms with E-state index in [1.54, 1.807) is 37.3 Å². The Morgan fingerprint density at radius 2 is 1.84 bits per heavy atom. The Kier molecular flexibility index (Phi) is 3.71. The van der Waals surface area contributed by atoms with Crippen LogP contribution in [0.5, 0.6) is 0 Å². The predicted octanol–water partition coefficient (Wildman–Crippen LogP) is 2.29. The van der Waals surface area contributed by atoms with E-state index in [0.717, 1.165) is 5.76 Å². The van der Waals surface area contributed by atoms with E-state index in [1.807, 2.05) is 6.92 Å². The molecule has 0 unspecified atom stereocenters. The van der Waals surface area contributed by atoms with Gasteiger partial charge >= 0.3 is 0 Å². The number of rotatable bonds is 4.